The summed E-state index contributed by atoms with van der Waals surface area (Å²) in [5.74, 6) is -0.640. The van der Waals surface area contributed by atoms with Gasteiger partial charge in [-0.2, -0.15) is 0 Å². The van der Waals surface area contributed by atoms with Gasteiger partial charge >= 0.3 is 0 Å². The average Bonchev–Trinajstić information content (AvgIpc) is 2.50. The quantitative estimate of drug-likeness (QED) is 0.852. The van der Waals surface area contributed by atoms with Crippen molar-refractivity contribution in [2.75, 3.05) is 13.2 Å². The van der Waals surface area contributed by atoms with Crippen LogP contribution in [0.15, 0.2) is 53.4 Å². The van der Waals surface area contributed by atoms with Crippen molar-refractivity contribution in [3.63, 3.8) is 0 Å². The van der Waals surface area contributed by atoms with E-state index in [0.29, 0.717) is 6.42 Å². The van der Waals surface area contributed by atoms with Gasteiger partial charge in [-0.1, -0.05) is 30.3 Å². The third-order valence-corrected chi connectivity index (χ3v) is 4.52. The molecule has 22 heavy (non-hydrogen) atoms. The van der Waals surface area contributed by atoms with Crippen LogP contribution in [-0.4, -0.2) is 21.6 Å². The molecule has 0 aliphatic heterocycles. The highest BCUT2D eigenvalue weighted by Gasteiger charge is 2.16. The van der Waals surface area contributed by atoms with Crippen molar-refractivity contribution in [2.45, 2.75) is 18.2 Å². The molecule has 1 N–H and O–H groups in total. The Bertz CT molecular complexity index is 717. The van der Waals surface area contributed by atoms with Gasteiger partial charge in [0, 0.05) is 12.6 Å². The maximum absolute atomic E-state index is 13.5. The summed E-state index contributed by atoms with van der Waals surface area (Å²) >= 11 is 0. The lowest BCUT2D eigenvalue weighted by Gasteiger charge is -2.09. The molecule has 0 unspecified atom stereocenters. The minimum atomic E-state index is -3.68. The van der Waals surface area contributed by atoms with Crippen LogP contribution >= 0.6 is 0 Å². The van der Waals surface area contributed by atoms with Crippen molar-refractivity contribution < 1.29 is 17.5 Å². The number of benzene rings is 2. The number of nitrogens with one attached hydrogen (secondary N) is 1. The lowest BCUT2D eigenvalue weighted by atomic mass is 10.2. The van der Waals surface area contributed by atoms with Crippen molar-refractivity contribution >= 4 is 10.0 Å². The molecule has 0 atom stereocenters. The molecule has 0 saturated heterocycles. The van der Waals surface area contributed by atoms with E-state index < -0.39 is 15.8 Å². The van der Waals surface area contributed by atoms with E-state index in [9.17, 15) is 12.8 Å². The fourth-order valence-electron chi connectivity index (χ4n) is 1.97. The van der Waals surface area contributed by atoms with Gasteiger partial charge in [-0.3, -0.25) is 0 Å². The molecule has 0 aliphatic carbocycles. The maximum Gasteiger partial charge on any atom is 0.240 e. The van der Waals surface area contributed by atoms with Crippen LogP contribution in [0.25, 0.3) is 0 Å². The molecule has 0 radical (unpaired) electrons. The van der Waals surface area contributed by atoms with Crippen LogP contribution in [0.4, 0.5) is 4.39 Å². The Balaban J connectivity index is 2.05. The van der Waals surface area contributed by atoms with Crippen LogP contribution in [0.2, 0.25) is 0 Å². The molecular formula is C16H18FNO3S. The highest BCUT2D eigenvalue weighted by atomic mass is 32.2. The summed E-state index contributed by atoms with van der Waals surface area (Å²) < 4.78 is 45.5. The van der Waals surface area contributed by atoms with Gasteiger partial charge in [0.15, 0.2) is 11.6 Å². The lowest BCUT2D eigenvalue weighted by molar-refractivity contribution is 0.320. The van der Waals surface area contributed by atoms with Crippen LogP contribution < -0.4 is 9.46 Å². The number of halogens is 1. The zero-order chi connectivity index (χ0) is 16.0. The predicted molar refractivity (Wildman–Crippen MR) is 82.9 cm³/mol. The number of rotatable bonds is 7. The Hall–Kier alpha value is -1.92. The number of sulfonamides is 1. The van der Waals surface area contributed by atoms with Gasteiger partial charge in [0.25, 0.3) is 0 Å². The summed E-state index contributed by atoms with van der Waals surface area (Å²) in [4.78, 5) is -0.00888. The summed E-state index contributed by atoms with van der Waals surface area (Å²) in [5.41, 5.74) is 1.04. The van der Waals surface area contributed by atoms with E-state index >= 15 is 0 Å². The maximum atomic E-state index is 13.5. The molecule has 0 bridgehead atoms. The molecule has 0 aromatic heterocycles. The molecule has 0 fully saturated rings. The summed E-state index contributed by atoms with van der Waals surface area (Å²) in [6, 6.07) is 13.1. The van der Waals surface area contributed by atoms with E-state index in [1.807, 2.05) is 30.3 Å². The van der Waals surface area contributed by atoms with Gasteiger partial charge in [-0.25, -0.2) is 17.5 Å². The molecular weight excluding hydrogens is 305 g/mol. The number of hydrogen-bond donors (Lipinski definition) is 1. The summed E-state index contributed by atoms with van der Waals surface area (Å²) in [6.07, 6.45) is 0.583. The highest BCUT2D eigenvalue weighted by molar-refractivity contribution is 7.89. The molecule has 118 valence electrons. The lowest BCUT2D eigenvalue weighted by Crippen LogP contribution is -2.26. The van der Waals surface area contributed by atoms with Crippen molar-refractivity contribution in [3.05, 3.63) is 59.9 Å². The monoisotopic (exact) mass is 323 g/mol. The van der Waals surface area contributed by atoms with Gasteiger partial charge in [0.1, 0.15) is 0 Å². The van der Waals surface area contributed by atoms with Crippen molar-refractivity contribution in [3.8, 4) is 5.75 Å². The van der Waals surface area contributed by atoms with Crippen LogP contribution in [0.1, 0.15) is 12.5 Å². The van der Waals surface area contributed by atoms with E-state index in [0.717, 1.165) is 11.6 Å². The van der Waals surface area contributed by atoms with Crippen LogP contribution in [-0.2, 0) is 16.4 Å². The Kier molecular flexibility index (Phi) is 5.51. The third-order valence-electron chi connectivity index (χ3n) is 3.06. The summed E-state index contributed by atoms with van der Waals surface area (Å²) in [5, 5.41) is 0. The van der Waals surface area contributed by atoms with Crippen LogP contribution in [0.3, 0.4) is 0 Å². The molecule has 2 aromatic carbocycles. The standard InChI is InChI=1S/C16H18FNO3S/c1-2-21-16-12-14(8-9-15(16)17)22(19,20)18-11-10-13-6-4-3-5-7-13/h3-9,12,18H,2,10-11H2,1H3. The van der Waals surface area contributed by atoms with Gasteiger partial charge in [0.2, 0.25) is 10.0 Å². The smallest absolute Gasteiger partial charge is 0.240 e. The van der Waals surface area contributed by atoms with E-state index in [1.54, 1.807) is 6.92 Å². The second-order valence-corrected chi connectivity index (χ2v) is 6.43. The number of hydrogen-bond acceptors (Lipinski definition) is 3. The first-order valence-electron chi connectivity index (χ1n) is 6.99. The molecule has 0 saturated carbocycles. The zero-order valence-corrected chi connectivity index (χ0v) is 13.1. The van der Waals surface area contributed by atoms with Crippen LogP contribution in [0, 0.1) is 5.82 Å². The highest BCUT2D eigenvalue weighted by Crippen LogP contribution is 2.21. The zero-order valence-electron chi connectivity index (χ0n) is 12.3. The summed E-state index contributed by atoms with van der Waals surface area (Å²) in [7, 11) is -3.68. The second-order valence-electron chi connectivity index (χ2n) is 4.66. The number of ether oxygens (including phenoxy) is 1. The van der Waals surface area contributed by atoms with Gasteiger partial charge in [-0.15, -0.1) is 0 Å². The largest absolute Gasteiger partial charge is 0.491 e. The molecule has 0 heterocycles. The fraction of sp³-hybridized carbons (Fsp3) is 0.250. The molecule has 0 spiro atoms. The molecule has 2 rings (SSSR count). The second kappa shape index (κ2) is 7.38. The Labute approximate surface area is 130 Å². The summed E-state index contributed by atoms with van der Waals surface area (Å²) in [6.45, 7) is 2.24. The van der Waals surface area contributed by atoms with Crippen molar-refractivity contribution in [2.24, 2.45) is 0 Å². The topological polar surface area (TPSA) is 55.4 Å². The van der Waals surface area contributed by atoms with E-state index in [2.05, 4.69) is 4.72 Å². The fourth-order valence-corrected chi connectivity index (χ4v) is 3.02. The SMILES string of the molecule is CCOc1cc(S(=O)(=O)NCCc2ccccc2)ccc1F. The Morgan fingerprint density at radius 3 is 2.55 bits per heavy atom. The molecule has 2 aromatic rings. The first-order valence-corrected chi connectivity index (χ1v) is 8.47. The normalized spacial score (nSPS) is 11.4. The molecule has 4 nitrogen and oxygen atoms in total. The van der Waals surface area contributed by atoms with Crippen molar-refractivity contribution in [1.82, 2.24) is 4.72 Å². The van der Waals surface area contributed by atoms with E-state index in [4.69, 9.17) is 4.74 Å². The van der Waals surface area contributed by atoms with Crippen LogP contribution in [0.5, 0.6) is 5.75 Å². The van der Waals surface area contributed by atoms with Gasteiger partial charge in [-0.05, 0) is 31.0 Å². The predicted octanol–water partition coefficient (Wildman–Crippen LogP) is 2.75. The average molecular weight is 323 g/mol. The van der Waals surface area contributed by atoms with Gasteiger partial charge in [0.05, 0.1) is 11.5 Å². The van der Waals surface area contributed by atoms with Crippen molar-refractivity contribution in [1.29, 1.82) is 0 Å². The molecule has 0 amide bonds. The van der Waals surface area contributed by atoms with Gasteiger partial charge < -0.3 is 4.74 Å². The van der Waals surface area contributed by atoms with E-state index in [-0.39, 0.29) is 23.8 Å². The minimum absolute atomic E-state index is 0.00888. The first kappa shape index (κ1) is 16.5. The first-order chi connectivity index (χ1) is 10.5. The Morgan fingerprint density at radius 2 is 1.86 bits per heavy atom. The third kappa shape index (κ3) is 4.29. The van der Waals surface area contributed by atoms with E-state index in [1.165, 1.54) is 12.1 Å². The molecule has 6 heteroatoms. The molecule has 0 aliphatic rings. The minimum Gasteiger partial charge on any atom is -0.491 e. The Morgan fingerprint density at radius 1 is 1.14 bits per heavy atom.